The van der Waals surface area contributed by atoms with E-state index < -0.39 is 0 Å². The van der Waals surface area contributed by atoms with Crippen LogP contribution in [0.2, 0.25) is 5.02 Å². The molecule has 1 aromatic rings. The first kappa shape index (κ1) is 13.0. The normalized spacial score (nSPS) is 12.6. The Morgan fingerprint density at radius 3 is 2.69 bits per heavy atom. The molecule has 1 atom stereocenters. The van der Waals surface area contributed by atoms with Gasteiger partial charge in [-0.2, -0.15) is 4.98 Å². The molecule has 0 aliphatic carbocycles. The second-order valence-corrected chi connectivity index (χ2v) is 4.34. The molecule has 0 spiro atoms. The van der Waals surface area contributed by atoms with Gasteiger partial charge in [-0.1, -0.05) is 32.4 Å². The summed E-state index contributed by atoms with van der Waals surface area (Å²) in [6.07, 6.45) is 2.53. The molecule has 0 saturated heterocycles. The van der Waals surface area contributed by atoms with Crippen molar-refractivity contribution in [3.63, 3.8) is 0 Å². The van der Waals surface area contributed by atoms with Crippen LogP contribution < -0.4 is 16.6 Å². The Balaban J connectivity index is 2.86. The van der Waals surface area contributed by atoms with E-state index in [1.165, 1.54) is 6.20 Å². The van der Waals surface area contributed by atoms with Crippen LogP contribution in [0.15, 0.2) is 6.20 Å². The number of halogens is 1. The van der Waals surface area contributed by atoms with E-state index in [1.807, 2.05) is 0 Å². The van der Waals surface area contributed by atoms with Gasteiger partial charge in [0, 0.05) is 6.04 Å². The molecule has 0 saturated carbocycles. The van der Waals surface area contributed by atoms with Crippen LogP contribution in [0.5, 0.6) is 0 Å². The Morgan fingerprint density at radius 1 is 1.50 bits per heavy atom. The molecule has 1 heterocycles. The minimum Gasteiger partial charge on any atom is -0.366 e. The maximum absolute atomic E-state index is 6.00. The highest BCUT2D eigenvalue weighted by atomic mass is 35.5. The molecule has 5 nitrogen and oxygen atoms in total. The van der Waals surface area contributed by atoms with Crippen molar-refractivity contribution in [2.75, 3.05) is 10.7 Å². The minimum absolute atomic E-state index is 0.332. The van der Waals surface area contributed by atoms with Gasteiger partial charge < -0.3 is 5.32 Å². The molecule has 16 heavy (non-hydrogen) atoms. The van der Waals surface area contributed by atoms with Gasteiger partial charge in [-0.25, -0.2) is 10.8 Å². The molecule has 0 aliphatic rings. The lowest BCUT2D eigenvalue weighted by molar-refractivity contribution is 0.510. The van der Waals surface area contributed by atoms with Gasteiger partial charge in [0.1, 0.15) is 5.02 Å². The van der Waals surface area contributed by atoms with Gasteiger partial charge in [0.2, 0.25) is 5.95 Å². The van der Waals surface area contributed by atoms with E-state index in [0.717, 1.165) is 6.42 Å². The molecule has 6 heteroatoms. The Hall–Kier alpha value is -1.07. The number of anilines is 2. The lowest BCUT2D eigenvalue weighted by Crippen LogP contribution is -2.25. The van der Waals surface area contributed by atoms with Gasteiger partial charge in [0.15, 0.2) is 5.82 Å². The number of rotatable bonds is 5. The van der Waals surface area contributed by atoms with Crippen molar-refractivity contribution in [1.29, 1.82) is 0 Å². The van der Waals surface area contributed by atoms with E-state index in [0.29, 0.717) is 28.7 Å². The summed E-state index contributed by atoms with van der Waals surface area (Å²) in [5.74, 6) is 6.72. The molecule has 1 aromatic heterocycles. The smallest absolute Gasteiger partial charge is 0.239 e. The van der Waals surface area contributed by atoms with Crippen LogP contribution in [-0.2, 0) is 0 Å². The second kappa shape index (κ2) is 5.86. The van der Waals surface area contributed by atoms with Gasteiger partial charge >= 0.3 is 0 Å². The molecule has 4 N–H and O–H groups in total. The van der Waals surface area contributed by atoms with Crippen LogP contribution in [-0.4, -0.2) is 16.0 Å². The first-order valence-electron chi connectivity index (χ1n) is 5.34. The Labute approximate surface area is 101 Å². The van der Waals surface area contributed by atoms with E-state index in [-0.39, 0.29) is 0 Å². The van der Waals surface area contributed by atoms with Crippen LogP contribution in [0.3, 0.4) is 0 Å². The lowest BCUT2D eigenvalue weighted by atomic mass is 10.0. The molecule has 0 fully saturated rings. The van der Waals surface area contributed by atoms with Gasteiger partial charge in [0.05, 0.1) is 6.20 Å². The molecular formula is C10H18ClN5. The molecule has 0 bridgehead atoms. The number of hydrogen-bond acceptors (Lipinski definition) is 5. The molecule has 1 rings (SSSR count). The minimum atomic E-state index is 0.332. The Morgan fingerprint density at radius 2 is 2.19 bits per heavy atom. The summed E-state index contributed by atoms with van der Waals surface area (Å²) in [5.41, 5.74) is 2.39. The van der Waals surface area contributed by atoms with Crippen LogP contribution in [0.25, 0.3) is 0 Å². The third kappa shape index (κ3) is 3.21. The number of hydrazine groups is 1. The third-order valence-corrected chi connectivity index (χ3v) is 2.72. The SMILES string of the molecule is CCC(Nc1nc(NN)ncc1Cl)C(C)C. The molecule has 0 radical (unpaired) electrons. The number of nitrogens with two attached hydrogens (primary N) is 1. The largest absolute Gasteiger partial charge is 0.366 e. The van der Waals surface area contributed by atoms with Crippen LogP contribution in [0.1, 0.15) is 27.2 Å². The third-order valence-electron chi connectivity index (χ3n) is 2.44. The predicted octanol–water partition coefficient (Wildman–Crippen LogP) is 2.26. The van der Waals surface area contributed by atoms with E-state index in [9.17, 15) is 0 Å². The Bertz CT molecular complexity index is 342. The van der Waals surface area contributed by atoms with Crippen molar-refractivity contribution in [1.82, 2.24) is 9.97 Å². The van der Waals surface area contributed by atoms with E-state index in [1.54, 1.807) is 0 Å². The van der Waals surface area contributed by atoms with Crippen molar-refractivity contribution in [2.24, 2.45) is 11.8 Å². The molecule has 90 valence electrons. The van der Waals surface area contributed by atoms with E-state index in [4.69, 9.17) is 17.4 Å². The van der Waals surface area contributed by atoms with Crippen molar-refractivity contribution in [2.45, 2.75) is 33.2 Å². The summed E-state index contributed by atoms with van der Waals surface area (Å²) in [4.78, 5) is 8.09. The molecule has 0 amide bonds. The summed E-state index contributed by atoms with van der Waals surface area (Å²) in [6, 6.07) is 0.332. The maximum Gasteiger partial charge on any atom is 0.239 e. The van der Waals surface area contributed by atoms with Crippen molar-refractivity contribution in [3.8, 4) is 0 Å². The standard InChI is InChI=1S/C10H18ClN5/c1-4-8(6(2)3)14-9-7(11)5-13-10(15-9)16-12/h5-6,8H,4,12H2,1-3H3,(H2,13,14,15,16). The number of nitrogen functional groups attached to an aromatic ring is 1. The van der Waals surface area contributed by atoms with E-state index >= 15 is 0 Å². The highest BCUT2D eigenvalue weighted by molar-refractivity contribution is 6.32. The molecule has 1 unspecified atom stereocenters. The van der Waals surface area contributed by atoms with Gasteiger partial charge in [-0.3, -0.25) is 5.43 Å². The van der Waals surface area contributed by atoms with Crippen LogP contribution >= 0.6 is 11.6 Å². The van der Waals surface area contributed by atoms with Crippen LogP contribution in [0, 0.1) is 5.92 Å². The summed E-state index contributed by atoms with van der Waals surface area (Å²) in [6.45, 7) is 6.42. The number of nitrogens with one attached hydrogen (secondary N) is 2. The summed E-state index contributed by atoms with van der Waals surface area (Å²) >= 11 is 6.00. The van der Waals surface area contributed by atoms with Gasteiger partial charge in [-0.05, 0) is 12.3 Å². The summed E-state index contributed by atoms with van der Waals surface area (Å²) in [5, 5.41) is 3.79. The van der Waals surface area contributed by atoms with E-state index in [2.05, 4.69) is 41.5 Å². The maximum atomic E-state index is 6.00. The highest BCUT2D eigenvalue weighted by Crippen LogP contribution is 2.22. The zero-order valence-electron chi connectivity index (χ0n) is 9.79. The predicted molar refractivity (Wildman–Crippen MR) is 67.4 cm³/mol. The lowest BCUT2D eigenvalue weighted by Gasteiger charge is -2.21. The molecular weight excluding hydrogens is 226 g/mol. The monoisotopic (exact) mass is 243 g/mol. The zero-order chi connectivity index (χ0) is 12.1. The van der Waals surface area contributed by atoms with Crippen molar-refractivity contribution >= 4 is 23.4 Å². The fourth-order valence-electron chi connectivity index (χ4n) is 1.45. The second-order valence-electron chi connectivity index (χ2n) is 3.94. The van der Waals surface area contributed by atoms with Crippen LogP contribution in [0.4, 0.5) is 11.8 Å². The average molecular weight is 244 g/mol. The first-order valence-corrected chi connectivity index (χ1v) is 5.72. The topological polar surface area (TPSA) is 75.9 Å². The number of aromatic nitrogens is 2. The zero-order valence-corrected chi connectivity index (χ0v) is 10.5. The van der Waals surface area contributed by atoms with Crippen molar-refractivity contribution in [3.05, 3.63) is 11.2 Å². The van der Waals surface area contributed by atoms with Gasteiger partial charge in [0.25, 0.3) is 0 Å². The van der Waals surface area contributed by atoms with Crippen molar-refractivity contribution < 1.29 is 0 Å². The number of hydrogen-bond donors (Lipinski definition) is 3. The molecule has 0 aromatic carbocycles. The molecule has 0 aliphatic heterocycles. The summed E-state index contributed by atoms with van der Waals surface area (Å²) in [7, 11) is 0. The highest BCUT2D eigenvalue weighted by Gasteiger charge is 2.13. The fourth-order valence-corrected chi connectivity index (χ4v) is 1.60. The number of nitrogens with zero attached hydrogens (tertiary/aromatic N) is 2. The fraction of sp³-hybridized carbons (Fsp3) is 0.600. The summed E-state index contributed by atoms with van der Waals surface area (Å²) < 4.78 is 0. The quantitative estimate of drug-likeness (QED) is 0.546. The first-order chi connectivity index (χ1) is 7.58. The van der Waals surface area contributed by atoms with Gasteiger partial charge in [-0.15, -0.1) is 0 Å². The average Bonchev–Trinajstić information content (AvgIpc) is 2.27. The Kier molecular flexibility index (Phi) is 4.76.